The molecule has 2 rings (SSSR count). The fraction of sp³-hybridized carbons (Fsp3) is 0.980. The molecule has 0 aromatic carbocycles. The summed E-state index contributed by atoms with van der Waals surface area (Å²) >= 11 is 0. The van der Waals surface area contributed by atoms with E-state index in [0.29, 0.717) is 6.61 Å². The van der Waals surface area contributed by atoms with E-state index in [0.717, 1.165) is 44.9 Å². The average Bonchev–Trinajstić information content (AvgIpc) is 3.30. The maximum atomic E-state index is 13.0. The standard InChI is InChI=1S/C51H98O14/c1-3-5-7-9-11-13-15-17-19-20-21-23-25-27-29-31-33-35-60-37-40(63-43(53)34-32-30-28-26-24-22-18-16-14-12-10-8-6-4-2)38-61-50-49(59)47(57)45(55)42(65-50)39-62-51-48(58)46(56)44(54)41(36-52)64-51/h40-42,44-52,54-59H,3-39H2,1-2H3. The molecule has 14 nitrogen and oxygen atoms in total. The second kappa shape index (κ2) is 39.8. The lowest BCUT2D eigenvalue weighted by atomic mass is 9.98. The fourth-order valence-electron chi connectivity index (χ4n) is 8.76. The van der Waals surface area contributed by atoms with Crippen molar-refractivity contribution in [3.63, 3.8) is 0 Å². The van der Waals surface area contributed by atoms with Crippen LogP contribution in [0.5, 0.6) is 0 Å². The van der Waals surface area contributed by atoms with Crippen molar-refractivity contribution in [3.8, 4) is 0 Å². The van der Waals surface area contributed by atoms with Crippen molar-refractivity contribution in [1.82, 2.24) is 0 Å². The topological polar surface area (TPSA) is 214 Å². The van der Waals surface area contributed by atoms with Crippen LogP contribution >= 0.6 is 0 Å². The second-order valence-electron chi connectivity index (χ2n) is 19.1. The minimum Gasteiger partial charge on any atom is -0.457 e. The van der Waals surface area contributed by atoms with Gasteiger partial charge in [-0.25, -0.2) is 0 Å². The highest BCUT2D eigenvalue weighted by Crippen LogP contribution is 2.27. The number of rotatable bonds is 43. The van der Waals surface area contributed by atoms with E-state index in [1.54, 1.807) is 0 Å². The van der Waals surface area contributed by atoms with E-state index in [9.17, 15) is 40.5 Å². The van der Waals surface area contributed by atoms with Crippen molar-refractivity contribution in [2.75, 3.05) is 33.0 Å². The second-order valence-corrected chi connectivity index (χ2v) is 19.1. The highest BCUT2D eigenvalue weighted by atomic mass is 16.7. The Hall–Kier alpha value is -1.01. The molecule has 7 N–H and O–H groups in total. The maximum Gasteiger partial charge on any atom is 0.306 e. The number of carbonyl (C=O) groups excluding carboxylic acids is 1. The molecule has 2 fully saturated rings. The summed E-state index contributed by atoms with van der Waals surface area (Å²) in [6.07, 6.45) is 23.0. The van der Waals surface area contributed by atoms with Crippen LogP contribution in [0.4, 0.5) is 0 Å². The van der Waals surface area contributed by atoms with E-state index in [1.165, 1.54) is 154 Å². The van der Waals surface area contributed by atoms with Crippen LogP contribution in [0.15, 0.2) is 0 Å². The molecule has 0 radical (unpaired) electrons. The van der Waals surface area contributed by atoms with Gasteiger partial charge in [0.1, 0.15) is 54.9 Å². The van der Waals surface area contributed by atoms with Gasteiger partial charge in [-0.1, -0.05) is 200 Å². The van der Waals surface area contributed by atoms with Gasteiger partial charge in [-0.05, 0) is 12.8 Å². The minimum atomic E-state index is -1.70. The maximum absolute atomic E-state index is 13.0. The van der Waals surface area contributed by atoms with Gasteiger partial charge in [0.25, 0.3) is 0 Å². The third kappa shape index (κ3) is 27.7. The molecule has 2 aliphatic rings. The van der Waals surface area contributed by atoms with Crippen LogP contribution in [0.25, 0.3) is 0 Å². The molecule has 2 heterocycles. The lowest BCUT2D eigenvalue weighted by Crippen LogP contribution is -2.61. The summed E-state index contributed by atoms with van der Waals surface area (Å²) in [5, 5.41) is 72.1. The van der Waals surface area contributed by atoms with Gasteiger partial charge < -0.3 is 64.2 Å². The fourth-order valence-corrected chi connectivity index (χ4v) is 8.76. The summed E-state index contributed by atoms with van der Waals surface area (Å²) < 4.78 is 34.3. The van der Waals surface area contributed by atoms with Gasteiger partial charge in [0, 0.05) is 13.0 Å². The summed E-state index contributed by atoms with van der Waals surface area (Å²) in [5.74, 6) is -0.370. The molecule has 2 saturated heterocycles. The van der Waals surface area contributed by atoms with Crippen molar-refractivity contribution in [3.05, 3.63) is 0 Å². The molecule has 0 aromatic heterocycles. The van der Waals surface area contributed by atoms with Gasteiger partial charge in [-0.15, -0.1) is 0 Å². The van der Waals surface area contributed by atoms with E-state index >= 15 is 0 Å². The Bertz CT molecular complexity index is 1090. The van der Waals surface area contributed by atoms with Gasteiger partial charge in [0.05, 0.1) is 26.4 Å². The zero-order valence-corrected chi connectivity index (χ0v) is 41.0. The first-order chi connectivity index (χ1) is 31.6. The molecule has 0 aliphatic carbocycles. The quantitative estimate of drug-likeness (QED) is 0.0228. The minimum absolute atomic E-state index is 0.0704. The molecule has 11 atom stereocenters. The molecule has 0 saturated carbocycles. The molecule has 0 amide bonds. The van der Waals surface area contributed by atoms with Gasteiger partial charge in [0.15, 0.2) is 12.6 Å². The van der Waals surface area contributed by atoms with Crippen molar-refractivity contribution in [1.29, 1.82) is 0 Å². The number of hydrogen-bond acceptors (Lipinski definition) is 14. The molecule has 11 unspecified atom stereocenters. The van der Waals surface area contributed by atoms with Crippen molar-refractivity contribution in [2.45, 2.75) is 287 Å². The van der Waals surface area contributed by atoms with E-state index in [4.69, 9.17) is 28.4 Å². The Morgan fingerprint density at radius 1 is 0.446 bits per heavy atom. The average molecular weight is 935 g/mol. The SMILES string of the molecule is CCCCCCCCCCCCCCCCCCCOCC(COC1OC(COC2OC(CO)C(O)C(O)C2O)C(O)C(O)C1O)OC(=O)CCCCCCCCCCCCCCCC. The van der Waals surface area contributed by atoms with Crippen molar-refractivity contribution < 1.29 is 69.0 Å². The molecule has 2 aliphatic heterocycles. The van der Waals surface area contributed by atoms with Crippen LogP contribution in [-0.4, -0.2) is 142 Å². The first kappa shape index (κ1) is 60.1. The Morgan fingerprint density at radius 3 is 1.25 bits per heavy atom. The lowest BCUT2D eigenvalue weighted by Gasteiger charge is -2.42. The third-order valence-electron chi connectivity index (χ3n) is 13.1. The number of aliphatic hydroxyl groups is 7. The number of ether oxygens (including phenoxy) is 6. The van der Waals surface area contributed by atoms with Crippen LogP contribution < -0.4 is 0 Å². The van der Waals surface area contributed by atoms with E-state index in [1.807, 2.05) is 0 Å². The zero-order valence-electron chi connectivity index (χ0n) is 41.0. The number of hydrogen-bond donors (Lipinski definition) is 7. The summed E-state index contributed by atoms with van der Waals surface area (Å²) in [4.78, 5) is 13.0. The van der Waals surface area contributed by atoms with E-state index < -0.39 is 80.7 Å². The predicted molar refractivity (Wildman–Crippen MR) is 252 cm³/mol. The third-order valence-corrected chi connectivity index (χ3v) is 13.1. The molecule has 0 spiro atoms. The molecule has 0 aromatic rings. The van der Waals surface area contributed by atoms with Crippen LogP contribution in [0.3, 0.4) is 0 Å². The number of unbranched alkanes of at least 4 members (excludes halogenated alkanes) is 29. The van der Waals surface area contributed by atoms with Gasteiger partial charge >= 0.3 is 5.97 Å². The summed E-state index contributed by atoms with van der Waals surface area (Å²) in [5.41, 5.74) is 0. The Morgan fingerprint density at radius 2 is 0.815 bits per heavy atom. The summed E-state index contributed by atoms with van der Waals surface area (Å²) in [7, 11) is 0. The van der Waals surface area contributed by atoms with E-state index in [2.05, 4.69) is 13.8 Å². The molecule has 14 heteroatoms. The highest BCUT2D eigenvalue weighted by molar-refractivity contribution is 5.69. The van der Waals surface area contributed by atoms with Gasteiger partial charge in [0.2, 0.25) is 0 Å². The van der Waals surface area contributed by atoms with Crippen LogP contribution in [-0.2, 0) is 33.2 Å². The molecular formula is C51H98O14. The molecular weight excluding hydrogens is 837 g/mol. The first-order valence-electron chi connectivity index (χ1n) is 26.6. The first-order valence-corrected chi connectivity index (χ1v) is 26.6. The molecule has 65 heavy (non-hydrogen) atoms. The Balaban J connectivity index is 1.75. The number of aliphatic hydroxyl groups excluding tert-OH is 7. The molecule has 0 bridgehead atoms. The van der Waals surface area contributed by atoms with E-state index in [-0.39, 0.29) is 25.6 Å². The summed E-state index contributed by atoms with van der Waals surface area (Å²) in [6, 6.07) is 0. The Labute approximate surface area is 393 Å². The van der Waals surface area contributed by atoms with Crippen LogP contribution in [0, 0.1) is 0 Å². The Kier molecular flexibility index (Phi) is 36.8. The van der Waals surface area contributed by atoms with Crippen molar-refractivity contribution >= 4 is 5.97 Å². The normalized spacial score (nSPS) is 26.4. The largest absolute Gasteiger partial charge is 0.457 e. The molecule has 386 valence electrons. The number of esters is 1. The lowest BCUT2D eigenvalue weighted by molar-refractivity contribution is -0.332. The highest BCUT2D eigenvalue weighted by Gasteiger charge is 2.47. The van der Waals surface area contributed by atoms with Crippen LogP contribution in [0.2, 0.25) is 0 Å². The predicted octanol–water partition coefficient (Wildman–Crippen LogP) is 8.08. The monoisotopic (exact) mass is 935 g/mol. The van der Waals surface area contributed by atoms with Crippen LogP contribution in [0.1, 0.15) is 219 Å². The summed E-state index contributed by atoms with van der Waals surface area (Å²) in [6.45, 7) is 3.74. The van der Waals surface area contributed by atoms with Crippen molar-refractivity contribution in [2.24, 2.45) is 0 Å². The number of carbonyl (C=O) groups is 1. The smallest absolute Gasteiger partial charge is 0.306 e. The van der Waals surface area contributed by atoms with Gasteiger partial charge in [-0.2, -0.15) is 0 Å². The zero-order chi connectivity index (χ0) is 47.3. The van der Waals surface area contributed by atoms with Gasteiger partial charge in [-0.3, -0.25) is 4.79 Å².